The zero-order valence-corrected chi connectivity index (χ0v) is 15.1. The summed E-state index contributed by atoms with van der Waals surface area (Å²) in [7, 11) is 0. The van der Waals surface area contributed by atoms with Crippen molar-refractivity contribution >= 4 is 0 Å². The lowest BCUT2D eigenvalue weighted by atomic mass is 10.0. The maximum absolute atomic E-state index is 9.81. The van der Waals surface area contributed by atoms with Gasteiger partial charge in [0.15, 0.2) is 0 Å². The van der Waals surface area contributed by atoms with Gasteiger partial charge in [0.2, 0.25) is 12.1 Å². The van der Waals surface area contributed by atoms with E-state index in [-0.39, 0.29) is 6.61 Å². The van der Waals surface area contributed by atoms with E-state index in [4.69, 9.17) is 14.6 Å². The van der Waals surface area contributed by atoms with E-state index < -0.39 is 18.5 Å². The summed E-state index contributed by atoms with van der Waals surface area (Å²) in [6, 6.07) is 15.3. The third kappa shape index (κ3) is 4.88. The highest BCUT2D eigenvalue weighted by Gasteiger charge is 2.20. The standard InChI is InChI=1S/C19H22N4O4/c1-12(11-24)26-19(13(2)25)27-17-9-7-15(8-10-17)14-3-5-16(6-4-14)18-20-22-23-21-18/h3-10,12-13,19,24-25H,11H2,1-2H3,(H,20,21,22,23). The molecule has 3 aromatic rings. The van der Waals surface area contributed by atoms with Gasteiger partial charge in [-0.25, -0.2) is 0 Å². The first-order chi connectivity index (χ1) is 13.1. The third-order valence-corrected chi connectivity index (χ3v) is 3.95. The smallest absolute Gasteiger partial charge is 0.226 e. The topological polar surface area (TPSA) is 113 Å². The fraction of sp³-hybridized carbons (Fsp3) is 0.316. The van der Waals surface area contributed by atoms with Crippen LogP contribution in [0.15, 0.2) is 48.5 Å². The van der Waals surface area contributed by atoms with Crippen LogP contribution in [0.3, 0.4) is 0 Å². The average Bonchev–Trinajstić information content (AvgIpc) is 3.23. The van der Waals surface area contributed by atoms with Crippen LogP contribution in [0.2, 0.25) is 0 Å². The van der Waals surface area contributed by atoms with Gasteiger partial charge in [0.25, 0.3) is 0 Å². The molecule has 0 amide bonds. The molecule has 1 aromatic heterocycles. The first-order valence-corrected chi connectivity index (χ1v) is 8.62. The Kier molecular flexibility index (Phi) is 6.12. The van der Waals surface area contributed by atoms with E-state index in [1.54, 1.807) is 13.8 Å². The Bertz CT molecular complexity index is 820. The number of rotatable bonds is 8. The van der Waals surface area contributed by atoms with Crippen molar-refractivity contribution in [1.29, 1.82) is 0 Å². The van der Waals surface area contributed by atoms with Crippen LogP contribution in [0.4, 0.5) is 0 Å². The molecule has 0 saturated carbocycles. The highest BCUT2D eigenvalue weighted by molar-refractivity contribution is 5.67. The molecule has 0 aliphatic rings. The van der Waals surface area contributed by atoms with E-state index in [2.05, 4.69) is 20.6 Å². The number of benzene rings is 2. The minimum absolute atomic E-state index is 0.147. The Hall–Kier alpha value is -2.81. The van der Waals surface area contributed by atoms with Crippen molar-refractivity contribution in [2.45, 2.75) is 32.3 Å². The number of aliphatic hydroxyl groups is 2. The van der Waals surface area contributed by atoms with Crippen molar-refractivity contribution in [3.63, 3.8) is 0 Å². The molecule has 0 aliphatic carbocycles. The van der Waals surface area contributed by atoms with Crippen molar-refractivity contribution in [3.05, 3.63) is 48.5 Å². The minimum Gasteiger partial charge on any atom is -0.462 e. The van der Waals surface area contributed by atoms with Gasteiger partial charge in [-0.1, -0.05) is 36.4 Å². The molecule has 3 N–H and O–H groups in total. The largest absolute Gasteiger partial charge is 0.462 e. The van der Waals surface area contributed by atoms with Crippen molar-refractivity contribution in [2.75, 3.05) is 6.61 Å². The van der Waals surface area contributed by atoms with E-state index in [1.165, 1.54) is 0 Å². The number of ether oxygens (including phenoxy) is 2. The molecule has 8 heteroatoms. The van der Waals surface area contributed by atoms with Crippen molar-refractivity contribution < 1.29 is 19.7 Å². The first-order valence-electron chi connectivity index (χ1n) is 8.62. The molecule has 0 spiro atoms. The van der Waals surface area contributed by atoms with Crippen LogP contribution in [0.25, 0.3) is 22.5 Å². The Morgan fingerprint density at radius 2 is 1.56 bits per heavy atom. The van der Waals surface area contributed by atoms with Crippen LogP contribution in [0, 0.1) is 0 Å². The van der Waals surface area contributed by atoms with E-state index in [0.29, 0.717) is 11.6 Å². The first kappa shape index (κ1) is 19.0. The molecule has 3 rings (SSSR count). The molecule has 2 aromatic carbocycles. The molecule has 3 atom stereocenters. The number of aliphatic hydroxyl groups excluding tert-OH is 2. The molecule has 27 heavy (non-hydrogen) atoms. The Balaban J connectivity index is 1.69. The fourth-order valence-electron chi connectivity index (χ4n) is 2.47. The van der Waals surface area contributed by atoms with Gasteiger partial charge < -0.3 is 19.7 Å². The summed E-state index contributed by atoms with van der Waals surface area (Å²) >= 11 is 0. The monoisotopic (exact) mass is 370 g/mol. The number of hydrogen-bond donors (Lipinski definition) is 3. The van der Waals surface area contributed by atoms with E-state index >= 15 is 0 Å². The number of hydrogen-bond acceptors (Lipinski definition) is 7. The second-order valence-electron chi connectivity index (χ2n) is 6.19. The van der Waals surface area contributed by atoms with Gasteiger partial charge >= 0.3 is 0 Å². The Morgan fingerprint density at radius 3 is 2.07 bits per heavy atom. The second-order valence-corrected chi connectivity index (χ2v) is 6.19. The van der Waals surface area contributed by atoms with Crippen LogP contribution in [-0.2, 0) is 4.74 Å². The van der Waals surface area contributed by atoms with E-state index in [0.717, 1.165) is 16.7 Å². The maximum Gasteiger partial charge on any atom is 0.226 e. The maximum atomic E-state index is 9.81. The molecule has 0 aliphatic heterocycles. The summed E-state index contributed by atoms with van der Waals surface area (Å²) < 4.78 is 11.2. The fourth-order valence-corrected chi connectivity index (χ4v) is 2.47. The molecule has 142 valence electrons. The van der Waals surface area contributed by atoms with Crippen LogP contribution >= 0.6 is 0 Å². The van der Waals surface area contributed by atoms with Crippen LogP contribution in [0.5, 0.6) is 5.75 Å². The predicted molar refractivity (Wildman–Crippen MR) is 98.8 cm³/mol. The molecule has 8 nitrogen and oxygen atoms in total. The summed E-state index contributed by atoms with van der Waals surface area (Å²) in [4.78, 5) is 0. The molecular weight excluding hydrogens is 348 g/mol. The summed E-state index contributed by atoms with van der Waals surface area (Å²) in [5.41, 5.74) is 2.92. The SMILES string of the molecule is CC(CO)OC(Oc1ccc(-c2ccc(-c3nn[nH]n3)cc2)cc1)C(C)O. The summed E-state index contributed by atoms with van der Waals surface area (Å²) in [5.74, 6) is 1.12. The Morgan fingerprint density at radius 1 is 0.963 bits per heavy atom. The predicted octanol–water partition coefficient (Wildman–Crippen LogP) is 2.02. The van der Waals surface area contributed by atoms with Crippen LogP contribution in [0.1, 0.15) is 13.8 Å². The quantitative estimate of drug-likeness (QED) is 0.520. The number of tetrazole rings is 1. The lowest BCUT2D eigenvalue weighted by Crippen LogP contribution is -2.36. The highest BCUT2D eigenvalue weighted by atomic mass is 16.7. The molecule has 0 fully saturated rings. The van der Waals surface area contributed by atoms with Crippen LogP contribution < -0.4 is 4.74 Å². The lowest BCUT2D eigenvalue weighted by Gasteiger charge is -2.24. The second kappa shape index (κ2) is 8.72. The summed E-state index contributed by atoms with van der Waals surface area (Å²) in [6.07, 6.45) is -2.12. The summed E-state index contributed by atoms with van der Waals surface area (Å²) in [6.45, 7) is 3.14. The third-order valence-electron chi connectivity index (χ3n) is 3.95. The number of aromatic nitrogens is 4. The highest BCUT2D eigenvalue weighted by Crippen LogP contribution is 2.25. The molecule has 0 bridgehead atoms. The number of nitrogens with one attached hydrogen (secondary N) is 1. The van der Waals surface area contributed by atoms with Gasteiger partial charge in [-0.2, -0.15) is 5.21 Å². The lowest BCUT2D eigenvalue weighted by molar-refractivity contribution is -0.171. The zero-order valence-electron chi connectivity index (χ0n) is 15.1. The molecule has 3 unspecified atom stereocenters. The van der Waals surface area contributed by atoms with Crippen molar-refractivity contribution in [3.8, 4) is 28.3 Å². The van der Waals surface area contributed by atoms with E-state index in [1.807, 2.05) is 48.5 Å². The van der Waals surface area contributed by atoms with Crippen molar-refractivity contribution in [1.82, 2.24) is 20.6 Å². The van der Waals surface area contributed by atoms with Crippen LogP contribution in [-0.4, -0.2) is 55.9 Å². The summed E-state index contributed by atoms with van der Waals surface area (Å²) in [5, 5.41) is 32.8. The van der Waals surface area contributed by atoms with Gasteiger partial charge in [-0.05, 0) is 42.3 Å². The molecule has 1 heterocycles. The van der Waals surface area contributed by atoms with Gasteiger partial charge in [-0.3, -0.25) is 0 Å². The van der Waals surface area contributed by atoms with Gasteiger partial charge in [-0.15, -0.1) is 10.2 Å². The van der Waals surface area contributed by atoms with Crippen molar-refractivity contribution in [2.24, 2.45) is 0 Å². The average molecular weight is 370 g/mol. The number of nitrogens with zero attached hydrogens (tertiary/aromatic N) is 3. The normalized spacial score (nSPS) is 14.5. The molecule has 0 saturated heterocycles. The zero-order chi connectivity index (χ0) is 19.2. The van der Waals surface area contributed by atoms with Gasteiger partial charge in [0.05, 0.1) is 12.7 Å². The molecular formula is C19H22N4O4. The number of H-pyrrole nitrogens is 1. The Labute approximate surface area is 156 Å². The van der Waals surface area contributed by atoms with Gasteiger partial charge in [0, 0.05) is 5.56 Å². The van der Waals surface area contributed by atoms with Gasteiger partial charge in [0.1, 0.15) is 11.9 Å². The minimum atomic E-state index is -0.854. The number of aromatic amines is 1. The van der Waals surface area contributed by atoms with E-state index in [9.17, 15) is 5.11 Å². The molecule has 0 radical (unpaired) electrons.